The highest BCUT2D eigenvalue weighted by Gasteiger charge is 2.11. The molecular weight excluding hydrogens is 243 g/mol. The molecule has 3 nitrogen and oxygen atoms in total. The minimum Gasteiger partial charge on any atom is -0.375 e. The minimum absolute atomic E-state index is 0.216. The first-order valence-electron chi connectivity index (χ1n) is 5.51. The molecule has 1 heterocycles. The molecule has 1 aromatic carbocycles. The van der Waals surface area contributed by atoms with E-state index in [4.69, 9.17) is 0 Å². The number of nitrogens with zero attached hydrogens (tertiary/aromatic N) is 2. The molecule has 0 aliphatic heterocycles. The summed E-state index contributed by atoms with van der Waals surface area (Å²) in [6.45, 7) is 2.79. The number of rotatable bonds is 4. The van der Waals surface area contributed by atoms with Gasteiger partial charge in [-0.15, -0.1) is 0 Å². The van der Waals surface area contributed by atoms with Crippen LogP contribution in [0.5, 0.6) is 0 Å². The maximum atomic E-state index is 13.4. The molecule has 0 saturated heterocycles. The highest BCUT2D eigenvalue weighted by Crippen LogP contribution is 2.20. The van der Waals surface area contributed by atoms with E-state index in [1.807, 2.05) is 6.92 Å². The molecule has 0 aliphatic carbocycles. The Hall–Kier alpha value is -1.98. The molecule has 0 aliphatic rings. The van der Waals surface area contributed by atoms with E-state index in [0.29, 0.717) is 18.7 Å². The van der Waals surface area contributed by atoms with Crippen molar-refractivity contribution >= 4 is 5.69 Å². The van der Waals surface area contributed by atoms with E-state index in [1.165, 1.54) is 0 Å². The first-order chi connectivity index (χ1) is 8.61. The number of halogens is 3. The van der Waals surface area contributed by atoms with Crippen LogP contribution in [0, 0.1) is 17.5 Å². The maximum absolute atomic E-state index is 13.4. The largest absolute Gasteiger partial charge is 0.375 e. The molecule has 0 radical (unpaired) electrons. The van der Waals surface area contributed by atoms with Gasteiger partial charge in [-0.05, 0) is 13.0 Å². The predicted octanol–water partition coefficient (Wildman–Crippen LogP) is 2.93. The van der Waals surface area contributed by atoms with Gasteiger partial charge >= 0.3 is 0 Å². The Kier molecular flexibility index (Phi) is 3.55. The van der Waals surface area contributed by atoms with E-state index in [1.54, 1.807) is 16.9 Å². The molecule has 0 fully saturated rings. The molecular formula is C12H12F3N3. The third-order valence-corrected chi connectivity index (χ3v) is 2.56. The second-order valence-corrected chi connectivity index (χ2v) is 3.74. The van der Waals surface area contributed by atoms with Crippen LogP contribution in [0.1, 0.15) is 12.6 Å². The lowest BCUT2D eigenvalue weighted by molar-refractivity contribution is 0.546. The Morgan fingerprint density at radius 2 is 1.89 bits per heavy atom. The van der Waals surface area contributed by atoms with Gasteiger partial charge in [0.25, 0.3) is 0 Å². The van der Waals surface area contributed by atoms with E-state index in [2.05, 4.69) is 10.4 Å². The summed E-state index contributed by atoms with van der Waals surface area (Å²) in [5.41, 5.74) is 0.459. The standard InChI is InChI=1S/C12H12F3N3/c1-2-18-9(3-4-17-18)7-16-12-10(14)5-8(13)6-11(12)15/h3-6,16H,2,7H2,1H3. The summed E-state index contributed by atoms with van der Waals surface area (Å²) < 4.78 is 41.1. The lowest BCUT2D eigenvalue weighted by atomic mass is 10.2. The fourth-order valence-electron chi connectivity index (χ4n) is 1.68. The Morgan fingerprint density at radius 1 is 1.22 bits per heavy atom. The van der Waals surface area contributed by atoms with E-state index < -0.39 is 17.5 Å². The van der Waals surface area contributed by atoms with Crippen LogP contribution in [0.15, 0.2) is 24.4 Å². The zero-order chi connectivity index (χ0) is 13.1. The Morgan fingerprint density at radius 3 is 2.50 bits per heavy atom. The van der Waals surface area contributed by atoms with E-state index in [-0.39, 0.29) is 12.2 Å². The van der Waals surface area contributed by atoms with Crippen LogP contribution in [-0.2, 0) is 13.1 Å². The molecule has 0 amide bonds. The van der Waals surface area contributed by atoms with Crippen LogP contribution in [0.25, 0.3) is 0 Å². The fourth-order valence-corrected chi connectivity index (χ4v) is 1.68. The highest BCUT2D eigenvalue weighted by atomic mass is 19.1. The molecule has 6 heteroatoms. The van der Waals surface area contributed by atoms with Crippen molar-refractivity contribution in [3.05, 3.63) is 47.5 Å². The first kappa shape index (κ1) is 12.5. The van der Waals surface area contributed by atoms with Crippen molar-refractivity contribution in [3.63, 3.8) is 0 Å². The van der Waals surface area contributed by atoms with Gasteiger partial charge in [-0.3, -0.25) is 4.68 Å². The topological polar surface area (TPSA) is 29.9 Å². The van der Waals surface area contributed by atoms with Crippen LogP contribution in [0.4, 0.5) is 18.9 Å². The average Bonchev–Trinajstić information content (AvgIpc) is 2.75. The van der Waals surface area contributed by atoms with Crippen molar-refractivity contribution in [2.24, 2.45) is 0 Å². The monoisotopic (exact) mass is 255 g/mol. The number of nitrogens with one attached hydrogen (secondary N) is 1. The molecule has 1 N–H and O–H groups in total. The summed E-state index contributed by atoms with van der Waals surface area (Å²) >= 11 is 0. The van der Waals surface area contributed by atoms with Crippen LogP contribution < -0.4 is 5.32 Å². The van der Waals surface area contributed by atoms with Crippen molar-refractivity contribution in [2.45, 2.75) is 20.0 Å². The lowest BCUT2D eigenvalue weighted by Gasteiger charge is -2.10. The lowest BCUT2D eigenvalue weighted by Crippen LogP contribution is -2.10. The molecule has 96 valence electrons. The summed E-state index contributed by atoms with van der Waals surface area (Å²) in [6.07, 6.45) is 1.61. The molecule has 0 unspecified atom stereocenters. The molecule has 2 aromatic rings. The highest BCUT2D eigenvalue weighted by molar-refractivity contribution is 5.46. The first-order valence-corrected chi connectivity index (χ1v) is 5.51. The number of benzene rings is 1. The van der Waals surface area contributed by atoms with Crippen LogP contribution in [0.3, 0.4) is 0 Å². The molecule has 0 atom stereocenters. The average molecular weight is 255 g/mol. The molecule has 0 saturated carbocycles. The normalized spacial score (nSPS) is 10.7. The molecule has 18 heavy (non-hydrogen) atoms. The van der Waals surface area contributed by atoms with E-state index >= 15 is 0 Å². The summed E-state index contributed by atoms with van der Waals surface area (Å²) in [6, 6.07) is 3.03. The second-order valence-electron chi connectivity index (χ2n) is 3.74. The maximum Gasteiger partial charge on any atom is 0.152 e. The zero-order valence-electron chi connectivity index (χ0n) is 9.75. The Balaban J connectivity index is 2.16. The van der Waals surface area contributed by atoms with Crippen molar-refractivity contribution in [3.8, 4) is 0 Å². The zero-order valence-corrected chi connectivity index (χ0v) is 9.75. The summed E-state index contributed by atoms with van der Waals surface area (Å²) in [5.74, 6) is -2.83. The fraction of sp³-hybridized carbons (Fsp3) is 0.250. The van der Waals surface area contributed by atoms with Gasteiger partial charge in [-0.25, -0.2) is 13.2 Å². The van der Waals surface area contributed by atoms with Crippen LogP contribution in [-0.4, -0.2) is 9.78 Å². The third-order valence-electron chi connectivity index (χ3n) is 2.56. The smallest absolute Gasteiger partial charge is 0.152 e. The van der Waals surface area contributed by atoms with Gasteiger partial charge in [0, 0.05) is 24.9 Å². The number of aryl methyl sites for hydroxylation is 1. The molecule has 1 aromatic heterocycles. The van der Waals surface area contributed by atoms with Gasteiger partial charge in [0.2, 0.25) is 0 Å². The summed E-state index contributed by atoms with van der Waals surface area (Å²) in [7, 11) is 0. The summed E-state index contributed by atoms with van der Waals surface area (Å²) in [4.78, 5) is 0. The molecule has 0 bridgehead atoms. The Labute approximate surface area is 102 Å². The summed E-state index contributed by atoms with van der Waals surface area (Å²) in [5, 5.41) is 6.64. The van der Waals surface area contributed by atoms with Gasteiger partial charge in [-0.2, -0.15) is 5.10 Å². The van der Waals surface area contributed by atoms with E-state index in [0.717, 1.165) is 5.69 Å². The predicted molar refractivity (Wildman–Crippen MR) is 61.5 cm³/mol. The Bertz CT molecular complexity index is 528. The second kappa shape index (κ2) is 5.12. The third kappa shape index (κ3) is 2.47. The van der Waals surface area contributed by atoms with Crippen molar-refractivity contribution in [1.29, 1.82) is 0 Å². The number of hydrogen-bond donors (Lipinski definition) is 1. The SMILES string of the molecule is CCn1nccc1CNc1c(F)cc(F)cc1F. The van der Waals surface area contributed by atoms with Crippen LogP contribution in [0.2, 0.25) is 0 Å². The van der Waals surface area contributed by atoms with Gasteiger partial charge in [0.15, 0.2) is 11.6 Å². The van der Waals surface area contributed by atoms with Crippen molar-refractivity contribution in [2.75, 3.05) is 5.32 Å². The van der Waals surface area contributed by atoms with E-state index in [9.17, 15) is 13.2 Å². The van der Waals surface area contributed by atoms with Crippen molar-refractivity contribution < 1.29 is 13.2 Å². The number of anilines is 1. The number of aromatic nitrogens is 2. The quantitative estimate of drug-likeness (QED) is 0.910. The minimum atomic E-state index is -0.949. The molecule has 0 spiro atoms. The van der Waals surface area contributed by atoms with Crippen LogP contribution >= 0.6 is 0 Å². The van der Waals surface area contributed by atoms with Gasteiger partial charge in [-0.1, -0.05) is 0 Å². The van der Waals surface area contributed by atoms with Crippen molar-refractivity contribution in [1.82, 2.24) is 9.78 Å². The van der Waals surface area contributed by atoms with Gasteiger partial charge in [0.1, 0.15) is 11.5 Å². The van der Waals surface area contributed by atoms with Gasteiger partial charge in [0.05, 0.1) is 12.2 Å². The number of hydrogen-bond acceptors (Lipinski definition) is 2. The van der Waals surface area contributed by atoms with Gasteiger partial charge < -0.3 is 5.32 Å². The molecule has 2 rings (SSSR count).